The molecule has 2 rings (SSSR count). The number of aliphatic hydroxyl groups is 2. The van der Waals surface area contributed by atoms with Gasteiger partial charge >= 0.3 is 0 Å². The molecule has 0 saturated heterocycles. The fourth-order valence-corrected chi connectivity index (χ4v) is 1.92. The molecule has 0 amide bonds. The molecule has 2 aromatic rings. The zero-order valence-electron chi connectivity index (χ0n) is 8.73. The van der Waals surface area contributed by atoms with E-state index in [4.69, 9.17) is 16.7 Å². The first-order chi connectivity index (χ1) is 7.76. The van der Waals surface area contributed by atoms with Crippen LogP contribution in [0.5, 0.6) is 0 Å². The molecule has 1 heterocycles. The molecule has 0 saturated carbocycles. The van der Waals surface area contributed by atoms with Gasteiger partial charge in [0, 0.05) is 18.2 Å². The maximum absolute atomic E-state index is 9.21. The summed E-state index contributed by atoms with van der Waals surface area (Å²) in [5, 5.41) is 18.7. The van der Waals surface area contributed by atoms with Crippen molar-refractivity contribution >= 4 is 22.6 Å². The smallest absolute Gasteiger partial charge is 0.135 e. The van der Waals surface area contributed by atoms with E-state index in [0.29, 0.717) is 23.8 Å². The van der Waals surface area contributed by atoms with Crippen molar-refractivity contribution in [1.29, 1.82) is 0 Å². The van der Waals surface area contributed by atoms with Crippen LogP contribution >= 0.6 is 11.6 Å². The molecule has 0 spiro atoms. The SMILES string of the molecule is OCCCn1c(CO)nc2cc(Cl)ccc21. The molecular weight excluding hydrogens is 228 g/mol. The summed E-state index contributed by atoms with van der Waals surface area (Å²) in [6.45, 7) is 0.653. The number of rotatable bonds is 4. The Bertz CT molecular complexity index is 496. The summed E-state index contributed by atoms with van der Waals surface area (Å²) in [6, 6.07) is 5.44. The summed E-state index contributed by atoms with van der Waals surface area (Å²) in [4.78, 5) is 4.29. The first kappa shape index (κ1) is 11.4. The minimum absolute atomic E-state index is 0.113. The predicted octanol–water partition coefficient (Wildman–Crippen LogP) is 1.56. The summed E-state index contributed by atoms with van der Waals surface area (Å²) in [5.74, 6) is 0.603. The number of imidazole rings is 1. The molecule has 5 heteroatoms. The molecule has 86 valence electrons. The summed E-state index contributed by atoms with van der Waals surface area (Å²) < 4.78 is 1.90. The van der Waals surface area contributed by atoms with E-state index in [1.165, 1.54) is 0 Å². The van der Waals surface area contributed by atoms with E-state index in [0.717, 1.165) is 11.0 Å². The second-order valence-electron chi connectivity index (χ2n) is 3.55. The van der Waals surface area contributed by atoms with E-state index in [1.807, 2.05) is 10.6 Å². The van der Waals surface area contributed by atoms with Crippen molar-refractivity contribution in [2.75, 3.05) is 6.61 Å². The number of aromatic nitrogens is 2. The zero-order valence-corrected chi connectivity index (χ0v) is 9.48. The van der Waals surface area contributed by atoms with Crippen molar-refractivity contribution < 1.29 is 10.2 Å². The molecule has 0 aliphatic rings. The number of benzene rings is 1. The van der Waals surface area contributed by atoms with E-state index < -0.39 is 0 Å². The molecule has 1 aromatic carbocycles. The highest BCUT2D eigenvalue weighted by Gasteiger charge is 2.09. The van der Waals surface area contributed by atoms with Gasteiger partial charge in [0.05, 0.1) is 11.0 Å². The van der Waals surface area contributed by atoms with E-state index >= 15 is 0 Å². The van der Waals surface area contributed by atoms with Gasteiger partial charge in [-0.25, -0.2) is 4.98 Å². The first-order valence-corrected chi connectivity index (χ1v) is 5.50. The fourth-order valence-electron chi connectivity index (χ4n) is 1.75. The lowest BCUT2D eigenvalue weighted by Crippen LogP contribution is -2.05. The van der Waals surface area contributed by atoms with Crippen molar-refractivity contribution in [3.05, 3.63) is 29.0 Å². The fraction of sp³-hybridized carbons (Fsp3) is 0.364. The van der Waals surface area contributed by atoms with Gasteiger partial charge in [-0.05, 0) is 24.6 Å². The highest BCUT2D eigenvalue weighted by atomic mass is 35.5. The highest BCUT2D eigenvalue weighted by Crippen LogP contribution is 2.20. The Morgan fingerprint density at radius 1 is 1.31 bits per heavy atom. The normalized spacial score (nSPS) is 11.2. The van der Waals surface area contributed by atoms with E-state index in [2.05, 4.69) is 4.98 Å². The molecule has 0 aliphatic heterocycles. The number of aryl methyl sites for hydroxylation is 1. The van der Waals surface area contributed by atoms with Crippen molar-refractivity contribution in [3.8, 4) is 0 Å². The van der Waals surface area contributed by atoms with E-state index in [1.54, 1.807) is 12.1 Å². The number of hydrogen-bond donors (Lipinski definition) is 2. The van der Waals surface area contributed by atoms with Crippen molar-refractivity contribution in [2.45, 2.75) is 19.6 Å². The van der Waals surface area contributed by atoms with Crippen LogP contribution in [0.15, 0.2) is 18.2 Å². The lowest BCUT2D eigenvalue weighted by molar-refractivity contribution is 0.257. The van der Waals surface area contributed by atoms with Crippen LogP contribution in [0.3, 0.4) is 0 Å². The average Bonchev–Trinajstić information content (AvgIpc) is 2.63. The summed E-state index contributed by atoms with van der Waals surface area (Å²) in [5.41, 5.74) is 1.70. The van der Waals surface area contributed by atoms with Crippen LogP contribution in [0.2, 0.25) is 5.02 Å². The van der Waals surface area contributed by atoms with E-state index in [9.17, 15) is 5.11 Å². The number of nitrogens with zero attached hydrogens (tertiary/aromatic N) is 2. The Kier molecular flexibility index (Phi) is 3.43. The third-order valence-electron chi connectivity index (χ3n) is 2.47. The predicted molar refractivity (Wildman–Crippen MR) is 62.4 cm³/mol. The largest absolute Gasteiger partial charge is 0.396 e. The third-order valence-corrected chi connectivity index (χ3v) is 2.71. The Labute approximate surface area is 98.1 Å². The van der Waals surface area contributed by atoms with Crippen LogP contribution in [0.4, 0.5) is 0 Å². The first-order valence-electron chi connectivity index (χ1n) is 5.12. The van der Waals surface area contributed by atoms with Gasteiger partial charge in [0.1, 0.15) is 12.4 Å². The van der Waals surface area contributed by atoms with Crippen LogP contribution in [-0.4, -0.2) is 26.4 Å². The third kappa shape index (κ3) is 2.04. The number of hydrogen-bond acceptors (Lipinski definition) is 3. The second-order valence-corrected chi connectivity index (χ2v) is 3.98. The van der Waals surface area contributed by atoms with Crippen LogP contribution in [0, 0.1) is 0 Å². The van der Waals surface area contributed by atoms with Gasteiger partial charge in [-0.3, -0.25) is 0 Å². The maximum Gasteiger partial charge on any atom is 0.135 e. The number of aliphatic hydroxyl groups excluding tert-OH is 2. The molecule has 2 N–H and O–H groups in total. The molecular formula is C11H13ClN2O2. The Morgan fingerprint density at radius 2 is 2.12 bits per heavy atom. The van der Waals surface area contributed by atoms with Crippen molar-refractivity contribution in [3.63, 3.8) is 0 Å². The van der Waals surface area contributed by atoms with Gasteiger partial charge in [0.25, 0.3) is 0 Å². The quantitative estimate of drug-likeness (QED) is 0.853. The zero-order chi connectivity index (χ0) is 11.5. The molecule has 1 aromatic heterocycles. The second kappa shape index (κ2) is 4.82. The van der Waals surface area contributed by atoms with Gasteiger partial charge < -0.3 is 14.8 Å². The minimum Gasteiger partial charge on any atom is -0.396 e. The minimum atomic E-state index is -0.113. The highest BCUT2D eigenvalue weighted by molar-refractivity contribution is 6.31. The molecule has 16 heavy (non-hydrogen) atoms. The van der Waals surface area contributed by atoms with Gasteiger partial charge in [-0.1, -0.05) is 11.6 Å². The van der Waals surface area contributed by atoms with Gasteiger partial charge in [0.2, 0.25) is 0 Å². The van der Waals surface area contributed by atoms with Crippen molar-refractivity contribution in [1.82, 2.24) is 9.55 Å². The van der Waals surface area contributed by atoms with Crippen LogP contribution in [0.1, 0.15) is 12.2 Å². The average molecular weight is 241 g/mol. The summed E-state index contributed by atoms with van der Waals surface area (Å²) >= 11 is 5.88. The van der Waals surface area contributed by atoms with Gasteiger partial charge in [0.15, 0.2) is 0 Å². The molecule has 0 bridgehead atoms. The summed E-state index contributed by atoms with van der Waals surface area (Å²) in [6.07, 6.45) is 0.640. The molecule has 0 atom stereocenters. The summed E-state index contributed by atoms with van der Waals surface area (Å²) in [7, 11) is 0. The standard InChI is InChI=1S/C11H13ClN2O2/c12-8-2-3-10-9(6-8)13-11(7-16)14(10)4-1-5-15/h2-3,6,15-16H,1,4-5,7H2. The van der Waals surface area contributed by atoms with Crippen LogP contribution in [0.25, 0.3) is 11.0 Å². The lowest BCUT2D eigenvalue weighted by Gasteiger charge is -2.05. The molecule has 0 aliphatic carbocycles. The lowest BCUT2D eigenvalue weighted by atomic mass is 10.3. The number of halogens is 1. The van der Waals surface area contributed by atoms with Crippen LogP contribution < -0.4 is 0 Å². The number of fused-ring (bicyclic) bond motifs is 1. The Morgan fingerprint density at radius 3 is 2.81 bits per heavy atom. The molecule has 4 nitrogen and oxygen atoms in total. The monoisotopic (exact) mass is 240 g/mol. The molecule has 0 radical (unpaired) electrons. The van der Waals surface area contributed by atoms with E-state index in [-0.39, 0.29) is 13.2 Å². The van der Waals surface area contributed by atoms with Gasteiger partial charge in [-0.2, -0.15) is 0 Å². The Hall–Kier alpha value is -1.10. The maximum atomic E-state index is 9.21. The molecule has 0 fully saturated rings. The van der Waals surface area contributed by atoms with Gasteiger partial charge in [-0.15, -0.1) is 0 Å². The topological polar surface area (TPSA) is 58.3 Å². The Balaban J connectivity index is 2.50. The van der Waals surface area contributed by atoms with Crippen molar-refractivity contribution in [2.24, 2.45) is 0 Å². The van der Waals surface area contributed by atoms with Crippen LogP contribution in [-0.2, 0) is 13.2 Å². The molecule has 0 unspecified atom stereocenters.